The highest BCUT2D eigenvalue weighted by molar-refractivity contribution is 7.99. The van der Waals surface area contributed by atoms with Crippen molar-refractivity contribution in [1.82, 2.24) is 25.4 Å². The summed E-state index contributed by atoms with van der Waals surface area (Å²) in [5.41, 5.74) is 2.02. The Morgan fingerprint density at radius 2 is 2.21 bits per heavy atom. The molecule has 0 saturated carbocycles. The third-order valence-electron chi connectivity index (χ3n) is 3.14. The molecule has 0 radical (unpaired) electrons. The second-order valence-corrected chi connectivity index (χ2v) is 6.24. The molecule has 3 aromatic rings. The van der Waals surface area contributed by atoms with Crippen LogP contribution in [-0.4, -0.2) is 37.0 Å². The first-order valence-corrected chi connectivity index (χ1v) is 8.32. The normalized spacial score (nSPS) is 10.8. The summed E-state index contributed by atoms with van der Waals surface area (Å²) in [5, 5.41) is 18.8. The smallest absolute Gasteiger partial charge is 0.226 e. The third-order valence-corrected chi connectivity index (χ3v) is 4.06. The number of aromatic nitrogens is 5. The third kappa shape index (κ3) is 3.99. The molecule has 0 aliphatic heterocycles. The second kappa shape index (κ2) is 7.26. The molecule has 8 nitrogen and oxygen atoms in total. The lowest BCUT2D eigenvalue weighted by atomic mass is 10.2. The second-order valence-electron chi connectivity index (χ2n) is 5.18. The van der Waals surface area contributed by atoms with E-state index in [1.54, 1.807) is 17.7 Å². The molecule has 24 heavy (non-hydrogen) atoms. The molecular weight excluding hydrogens is 328 g/mol. The fourth-order valence-corrected chi connectivity index (χ4v) is 2.88. The number of hydrogen-bond donors (Lipinski definition) is 1. The number of thioether (sulfide) groups is 1. The first-order valence-electron chi connectivity index (χ1n) is 7.33. The number of benzene rings is 1. The van der Waals surface area contributed by atoms with Crippen LogP contribution in [0.25, 0.3) is 5.69 Å². The van der Waals surface area contributed by atoms with Crippen molar-refractivity contribution < 1.29 is 9.32 Å². The van der Waals surface area contributed by atoms with E-state index in [2.05, 4.69) is 26.0 Å². The van der Waals surface area contributed by atoms with E-state index in [-0.39, 0.29) is 5.91 Å². The fraction of sp³-hybridized carbons (Fsp3) is 0.267. The summed E-state index contributed by atoms with van der Waals surface area (Å²) in [6, 6.07) is 9.57. The van der Waals surface area contributed by atoms with Crippen LogP contribution in [0.15, 0.2) is 40.0 Å². The average Bonchev–Trinajstić information content (AvgIpc) is 3.16. The predicted molar refractivity (Wildman–Crippen MR) is 89.1 cm³/mol. The molecule has 0 fully saturated rings. The monoisotopic (exact) mass is 344 g/mol. The number of amides is 1. The van der Waals surface area contributed by atoms with Gasteiger partial charge in [0.1, 0.15) is 5.76 Å². The molecule has 0 saturated heterocycles. The van der Waals surface area contributed by atoms with Crippen molar-refractivity contribution >= 4 is 23.5 Å². The van der Waals surface area contributed by atoms with Crippen molar-refractivity contribution in [3.8, 4) is 5.69 Å². The van der Waals surface area contributed by atoms with Crippen molar-refractivity contribution in [3.63, 3.8) is 0 Å². The van der Waals surface area contributed by atoms with E-state index in [0.717, 1.165) is 11.3 Å². The van der Waals surface area contributed by atoms with Crippen LogP contribution in [0.5, 0.6) is 0 Å². The summed E-state index contributed by atoms with van der Waals surface area (Å²) >= 11 is 1.42. The number of anilines is 1. The van der Waals surface area contributed by atoms with E-state index in [0.29, 0.717) is 28.9 Å². The van der Waals surface area contributed by atoms with Crippen LogP contribution >= 0.6 is 11.8 Å². The predicted octanol–water partition coefficient (Wildman–Crippen LogP) is 2.39. The standard InChI is InChI=1S/C15H16N6O2S/c1-10-4-3-5-12(8-10)21-15(17-19-20-21)24-7-6-14(22)16-13-9-11(2)23-18-13/h3-5,8-9H,6-7H2,1-2H3,(H,16,18,22). The molecule has 1 amide bonds. The highest BCUT2D eigenvalue weighted by Crippen LogP contribution is 2.19. The molecule has 0 aliphatic carbocycles. The lowest BCUT2D eigenvalue weighted by molar-refractivity contribution is -0.115. The topological polar surface area (TPSA) is 98.7 Å². The number of nitrogens with one attached hydrogen (secondary N) is 1. The van der Waals surface area contributed by atoms with Gasteiger partial charge >= 0.3 is 0 Å². The zero-order valence-electron chi connectivity index (χ0n) is 13.3. The van der Waals surface area contributed by atoms with Crippen LogP contribution in [0.4, 0.5) is 5.82 Å². The molecule has 124 valence electrons. The first kappa shape index (κ1) is 16.2. The summed E-state index contributed by atoms with van der Waals surface area (Å²) in [7, 11) is 0. The number of aryl methyl sites for hydroxylation is 2. The average molecular weight is 344 g/mol. The van der Waals surface area contributed by atoms with Gasteiger partial charge in [0.2, 0.25) is 11.1 Å². The number of tetrazole rings is 1. The van der Waals surface area contributed by atoms with Gasteiger partial charge in [0, 0.05) is 18.2 Å². The zero-order chi connectivity index (χ0) is 16.9. The molecular formula is C15H16N6O2S. The molecule has 1 aromatic carbocycles. The summed E-state index contributed by atoms with van der Waals surface area (Å²) in [6.45, 7) is 3.78. The van der Waals surface area contributed by atoms with Gasteiger partial charge in [0.25, 0.3) is 0 Å². The van der Waals surface area contributed by atoms with E-state index < -0.39 is 0 Å². The van der Waals surface area contributed by atoms with Crippen molar-refractivity contribution in [2.24, 2.45) is 0 Å². The van der Waals surface area contributed by atoms with E-state index in [1.165, 1.54) is 11.8 Å². The van der Waals surface area contributed by atoms with E-state index in [4.69, 9.17) is 4.52 Å². The molecule has 9 heteroatoms. The number of carbonyl (C=O) groups excluding carboxylic acids is 1. The molecule has 2 heterocycles. The van der Waals surface area contributed by atoms with Crippen LogP contribution in [0, 0.1) is 13.8 Å². The molecule has 3 rings (SSSR count). The highest BCUT2D eigenvalue weighted by Gasteiger charge is 2.11. The summed E-state index contributed by atoms with van der Waals surface area (Å²) in [4.78, 5) is 11.9. The lowest BCUT2D eigenvalue weighted by Crippen LogP contribution is -2.12. The van der Waals surface area contributed by atoms with Crippen molar-refractivity contribution in [2.45, 2.75) is 25.4 Å². The van der Waals surface area contributed by atoms with Crippen LogP contribution in [-0.2, 0) is 4.79 Å². The number of nitrogens with zero attached hydrogens (tertiary/aromatic N) is 5. The van der Waals surface area contributed by atoms with Gasteiger partial charge in [0.15, 0.2) is 5.82 Å². The minimum absolute atomic E-state index is 0.134. The molecule has 0 atom stereocenters. The Bertz CT molecular complexity index is 844. The lowest BCUT2D eigenvalue weighted by Gasteiger charge is -2.05. The maximum atomic E-state index is 11.9. The van der Waals surface area contributed by atoms with Crippen molar-refractivity contribution in [1.29, 1.82) is 0 Å². The van der Waals surface area contributed by atoms with E-state index in [1.807, 2.05) is 31.2 Å². The Labute approximate surface area is 142 Å². The van der Waals surface area contributed by atoms with Gasteiger partial charge in [-0.25, -0.2) is 0 Å². The van der Waals surface area contributed by atoms with Crippen LogP contribution in [0.3, 0.4) is 0 Å². The van der Waals surface area contributed by atoms with Crippen LogP contribution < -0.4 is 5.32 Å². The summed E-state index contributed by atoms with van der Waals surface area (Å²) in [5.74, 6) is 1.49. The minimum atomic E-state index is -0.134. The Morgan fingerprint density at radius 3 is 2.96 bits per heavy atom. The Kier molecular flexibility index (Phi) is 4.90. The van der Waals surface area contributed by atoms with E-state index >= 15 is 0 Å². The van der Waals surface area contributed by atoms with Crippen molar-refractivity contribution in [2.75, 3.05) is 11.1 Å². The van der Waals surface area contributed by atoms with Gasteiger partial charge in [-0.2, -0.15) is 4.68 Å². The zero-order valence-corrected chi connectivity index (χ0v) is 14.1. The largest absolute Gasteiger partial charge is 0.360 e. The first-order chi connectivity index (χ1) is 11.6. The fourth-order valence-electron chi connectivity index (χ4n) is 2.06. The molecule has 0 bridgehead atoms. The quantitative estimate of drug-likeness (QED) is 0.685. The van der Waals surface area contributed by atoms with Gasteiger partial charge in [0.05, 0.1) is 5.69 Å². The van der Waals surface area contributed by atoms with Crippen molar-refractivity contribution in [3.05, 3.63) is 41.7 Å². The maximum absolute atomic E-state index is 11.9. The van der Waals surface area contributed by atoms with Crippen LogP contribution in [0.2, 0.25) is 0 Å². The number of carbonyl (C=O) groups is 1. The molecule has 0 aliphatic rings. The highest BCUT2D eigenvalue weighted by atomic mass is 32.2. The van der Waals surface area contributed by atoms with Gasteiger partial charge < -0.3 is 9.84 Å². The summed E-state index contributed by atoms with van der Waals surface area (Å²) < 4.78 is 6.57. The summed E-state index contributed by atoms with van der Waals surface area (Å²) in [6.07, 6.45) is 0.317. The molecule has 1 N–H and O–H groups in total. The minimum Gasteiger partial charge on any atom is -0.360 e. The SMILES string of the molecule is Cc1cccc(-n2nnnc2SCCC(=O)Nc2cc(C)on2)c1. The molecule has 0 unspecified atom stereocenters. The molecule has 0 spiro atoms. The Morgan fingerprint density at radius 1 is 1.33 bits per heavy atom. The van der Waals surface area contributed by atoms with E-state index in [9.17, 15) is 4.79 Å². The Balaban J connectivity index is 1.56. The molecule has 2 aromatic heterocycles. The Hall–Kier alpha value is -2.68. The van der Waals surface area contributed by atoms with Crippen LogP contribution in [0.1, 0.15) is 17.7 Å². The van der Waals surface area contributed by atoms with Gasteiger partial charge in [-0.3, -0.25) is 4.79 Å². The van der Waals surface area contributed by atoms with Gasteiger partial charge in [-0.1, -0.05) is 29.1 Å². The number of rotatable bonds is 6. The van der Waals surface area contributed by atoms with Gasteiger partial charge in [-0.05, 0) is 42.0 Å². The van der Waals surface area contributed by atoms with Gasteiger partial charge in [-0.15, -0.1) is 5.10 Å². The maximum Gasteiger partial charge on any atom is 0.226 e. The number of hydrogen-bond acceptors (Lipinski definition) is 7.